The fourth-order valence-electron chi connectivity index (χ4n) is 6.45. The molecule has 3 atom stereocenters. The lowest BCUT2D eigenvalue weighted by Gasteiger charge is -2.38. The molecular weight excluding hydrogens is 686 g/mol. The van der Waals surface area contributed by atoms with Crippen molar-refractivity contribution in [2.24, 2.45) is 5.92 Å². The van der Waals surface area contributed by atoms with Crippen LogP contribution in [0.3, 0.4) is 0 Å². The first-order chi connectivity index (χ1) is 24.0. The number of halogens is 1. The molecule has 0 radical (unpaired) electrons. The minimum Gasteiger partial charge on any atom is -0.507 e. The number of carbonyl (C=O) groups excluding carboxylic acids is 3. The van der Waals surface area contributed by atoms with Crippen LogP contribution in [0.1, 0.15) is 47.5 Å². The Bertz CT molecular complexity index is 2010. The highest BCUT2D eigenvalue weighted by molar-refractivity contribution is 7.98. The second kappa shape index (κ2) is 14.1. The first-order valence-electron chi connectivity index (χ1n) is 15.7. The highest BCUT2D eigenvalue weighted by Gasteiger charge is 2.61. The molecule has 14 heteroatoms. The summed E-state index contributed by atoms with van der Waals surface area (Å²) in [6.07, 6.45) is 1.74. The van der Waals surface area contributed by atoms with E-state index < -0.39 is 40.7 Å². The monoisotopic (exact) mass is 719 g/mol. The van der Waals surface area contributed by atoms with Crippen LogP contribution in [-0.2, 0) is 16.0 Å². The second-order valence-corrected chi connectivity index (χ2v) is 13.2. The van der Waals surface area contributed by atoms with Crippen LogP contribution in [0.2, 0.25) is 5.02 Å². The third-order valence-corrected chi connectivity index (χ3v) is 10.1. The minimum absolute atomic E-state index is 0.00542. The molecule has 12 nitrogen and oxygen atoms in total. The van der Waals surface area contributed by atoms with E-state index in [1.54, 1.807) is 37.3 Å². The number of hydrogen-bond donors (Lipinski definition) is 3. The number of rotatable bonds is 11. The molecule has 1 spiro atoms. The number of amides is 1. The van der Waals surface area contributed by atoms with Crippen LogP contribution in [0.5, 0.6) is 23.0 Å². The summed E-state index contributed by atoms with van der Waals surface area (Å²) >= 11 is 8.12. The number of ether oxygens (including phenoxy) is 3. The number of aliphatic hydroxyl groups excluding tert-OH is 1. The smallest absolute Gasteiger partial charge is 0.251 e. The molecule has 2 heterocycles. The van der Waals surface area contributed by atoms with Gasteiger partial charge in [0, 0.05) is 54.2 Å². The lowest BCUT2D eigenvalue weighted by atomic mass is 9.69. The van der Waals surface area contributed by atoms with Crippen molar-refractivity contribution in [3.63, 3.8) is 0 Å². The maximum absolute atomic E-state index is 14.3. The summed E-state index contributed by atoms with van der Waals surface area (Å²) in [5.41, 5.74) is -1.10. The molecule has 1 amide bonds. The number of aromatic hydroxyl groups is 1. The van der Waals surface area contributed by atoms with E-state index in [2.05, 4.69) is 15.5 Å². The number of ketones is 2. The van der Waals surface area contributed by atoms with E-state index in [-0.39, 0.29) is 76.7 Å². The van der Waals surface area contributed by atoms with Gasteiger partial charge in [-0.25, -0.2) is 0 Å². The number of Topliss-reactive ketones (excluding diaryl/α,β-unsaturated/α-hetero) is 2. The molecule has 0 saturated heterocycles. The van der Waals surface area contributed by atoms with Crippen LogP contribution < -0.4 is 19.5 Å². The average Bonchev–Trinajstić information content (AvgIpc) is 3.71. The number of carbonyl (C=O) groups is 3. The molecule has 3 N–H and O–H groups in total. The molecule has 3 unspecified atom stereocenters. The molecule has 1 aliphatic heterocycles. The van der Waals surface area contributed by atoms with E-state index in [9.17, 15) is 24.6 Å². The lowest BCUT2D eigenvalue weighted by molar-refractivity contribution is -0.121. The second-order valence-electron chi connectivity index (χ2n) is 11.9. The number of nitrogens with zero attached hydrogens (tertiary/aromatic N) is 2. The molecule has 2 aliphatic rings. The summed E-state index contributed by atoms with van der Waals surface area (Å²) in [6, 6.07) is 15.3. The van der Waals surface area contributed by atoms with Gasteiger partial charge in [-0.3, -0.25) is 14.4 Å². The number of fused-ring (bicyclic) bond motifs is 1. The lowest BCUT2D eigenvalue weighted by Crippen LogP contribution is -2.53. The highest BCUT2D eigenvalue weighted by atomic mass is 35.5. The number of phenols is 1. The number of benzene rings is 3. The van der Waals surface area contributed by atoms with Crippen molar-refractivity contribution >= 4 is 40.8 Å². The molecule has 1 aromatic heterocycles. The number of methoxy groups -OCH3 is 2. The van der Waals surface area contributed by atoms with Crippen LogP contribution in [0.4, 0.5) is 0 Å². The van der Waals surface area contributed by atoms with Gasteiger partial charge in [0.2, 0.25) is 23.2 Å². The minimum atomic E-state index is -1.99. The number of nitrogens with one attached hydrogen (secondary N) is 1. The molecule has 260 valence electrons. The van der Waals surface area contributed by atoms with Gasteiger partial charge in [-0.2, -0.15) is 0 Å². The quantitative estimate of drug-likeness (QED) is 0.152. The Kier molecular flexibility index (Phi) is 9.81. The zero-order chi connectivity index (χ0) is 35.7. The summed E-state index contributed by atoms with van der Waals surface area (Å²) in [5, 5.41) is 33.0. The number of hydrogen-bond acceptors (Lipinski definition) is 12. The first-order valence-corrected chi connectivity index (χ1v) is 17.3. The van der Waals surface area contributed by atoms with Crippen molar-refractivity contribution in [2.45, 2.75) is 42.6 Å². The van der Waals surface area contributed by atoms with Gasteiger partial charge in [0.25, 0.3) is 5.89 Å². The predicted molar refractivity (Wildman–Crippen MR) is 184 cm³/mol. The van der Waals surface area contributed by atoms with Crippen molar-refractivity contribution in [1.82, 2.24) is 15.5 Å². The van der Waals surface area contributed by atoms with Gasteiger partial charge in [-0.1, -0.05) is 42.8 Å². The SMILES string of the molecule is COc1cc(OC)c2c(c1Cl)OC1(C2=O)C(O)=C(C(CC(=O)NCCc2nnc(-c3ccccc3O)o2)c2ccc(SC)cc2)C(=O)CC1C. The third kappa shape index (κ3) is 6.04. The van der Waals surface area contributed by atoms with E-state index in [0.29, 0.717) is 11.1 Å². The Morgan fingerprint density at radius 1 is 1.10 bits per heavy atom. The first kappa shape index (κ1) is 34.8. The van der Waals surface area contributed by atoms with Gasteiger partial charge in [0.05, 0.1) is 19.8 Å². The van der Waals surface area contributed by atoms with Crippen molar-refractivity contribution < 1.29 is 43.2 Å². The molecule has 1 aliphatic carbocycles. The Hall–Kier alpha value is -5.01. The van der Waals surface area contributed by atoms with E-state index in [1.807, 2.05) is 18.4 Å². The zero-order valence-corrected chi connectivity index (χ0v) is 29.2. The predicted octanol–water partition coefficient (Wildman–Crippen LogP) is 6.10. The maximum atomic E-state index is 14.3. The molecule has 6 rings (SSSR count). The molecule has 0 fully saturated rings. The van der Waals surface area contributed by atoms with Crippen LogP contribution in [-0.4, -0.2) is 70.5 Å². The maximum Gasteiger partial charge on any atom is 0.251 e. The van der Waals surface area contributed by atoms with Crippen LogP contribution in [0.15, 0.2) is 75.2 Å². The zero-order valence-electron chi connectivity index (χ0n) is 27.6. The summed E-state index contributed by atoms with van der Waals surface area (Å²) in [4.78, 5) is 42.6. The summed E-state index contributed by atoms with van der Waals surface area (Å²) in [6.45, 7) is 1.76. The molecule has 0 bridgehead atoms. The van der Waals surface area contributed by atoms with E-state index >= 15 is 0 Å². The van der Waals surface area contributed by atoms with Crippen LogP contribution >= 0.6 is 23.4 Å². The van der Waals surface area contributed by atoms with Crippen molar-refractivity contribution in [3.8, 4) is 34.5 Å². The summed E-state index contributed by atoms with van der Waals surface area (Å²) in [5.74, 6) is -3.08. The van der Waals surface area contributed by atoms with Gasteiger partial charge < -0.3 is 34.2 Å². The number of phenolic OH excluding ortho intramolecular Hbond substituents is 1. The number of para-hydroxylation sites is 1. The standard InChI is InChI=1S/C36H34ClN3O9S/c1-18-15-24(42)29(33(44)36(18)34(45)30-25(46-2)17-26(47-3)31(37)32(30)49-36)22(19-9-11-20(50-4)12-10-19)16-27(43)38-14-13-28-39-40-35(48-28)21-7-5-6-8-23(21)41/h5-12,17-18,22,41,44H,13-16H2,1-4H3,(H,38,43). The van der Waals surface area contributed by atoms with Gasteiger partial charge in [-0.05, 0) is 36.1 Å². The van der Waals surface area contributed by atoms with Crippen molar-refractivity contribution in [3.05, 3.63) is 88.0 Å². The molecule has 0 saturated carbocycles. The highest BCUT2D eigenvalue weighted by Crippen LogP contribution is 2.55. The normalized spacial score (nSPS) is 18.9. The average molecular weight is 720 g/mol. The van der Waals surface area contributed by atoms with Gasteiger partial charge in [0.1, 0.15) is 27.8 Å². The van der Waals surface area contributed by atoms with E-state index in [0.717, 1.165) is 4.90 Å². The molecule has 3 aromatic carbocycles. The van der Waals surface area contributed by atoms with Crippen LogP contribution in [0, 0.1) is 5.92 Å². The number of thioether (sulfide) groups is 1. The largest absolute Gasteiger partial charge is 0.507 e. The number of aliphatic hydroxyl groups is 1. The topological polar surface area (TPSA) is 170 Å². The molecule has 4 aromatic rings. The van der Waals surface area contributed by atoms with Gasteiger partial charge in [0.15, 0.2) is 17.3 Å². The Morgan fingerprint density at radius 2 is 1.82 bits per heavy atom. The van der Waals surface area contributed by atoms with Crippen LogP contribution in [0.25, 0.3) is 11.5 Å². The number of aromatic nitrogens is 2. The van der Waals surface area contributed by atoms with E-state index in [1.165, 1.54) is 38.1 Å². The Morgan fingerprint density at radius 3 is 2.50 bits per heavy atom. The van der Waals surface area contributed by atoms with E-state index in [4.69, 9.17) is 30.2 Å². The van der Waals surface area contributed by atoms with Crippen molar-refractivity contribution in [1.29, 1.82) is 0 Å². The molecule has 50 heavy (non-hydrogen) atoms. The Balaban J connectivity index is 1.31. The summed E-state index contributed by atoms with van der Waals surface area (Å²) in [7, 11) is 2.79. The Labute approximate surface area is 296 Å². The van der Waals surface area contributed by atoms with Gasteiger partial charge in [-0.15, -0.1) is 22.0 Å². The third-order valence-electron chi connectivity index (χ3n) is 9.03. The number of allylic oxidation sites excluding steroid dienone is 1. The van der Waals surface area contributed by atoms with Crippen molar-refractivity contribution in [2.75, 3.05) is 27.0 Å². The summed E-state index contributed by atoms with van der Waals surface area (Å²) < 4.78 is 22.8. The van der Waals surface area contributed by atoms with Gasteiger partial charge >= 0.3 is 0 Å². The molecular formula is C36H34ClN3O9S. The fourth-order valence-corrected chi connectivity index (χ4v) is 7.12. The fraction of sp³-hybridized carbons (Fsp3) is 0.306.